The summed E-state index contributed by atoms with van der Waals surface area (Å²) in [6.07, 6.45) is 4.10. The highest BCUT2D eigenvalue weighted by molar-refractivity contribution is 5.17. The van der Waals surface area contributed by atoms with E-state index in [1.54, 1.807) is 0 Å². The van der Waals surface area contributed by atoms with Gasteiger partial charge in [-0.05, 0) is 24.8 Å². The van der Waals surface area contributed by atoms with Crippen LogP contribution in [0, 0.1) is 5.92 Å². The summed E-state index contributed by atoms with van der Waals surface area (Å²) in [5, 5.41) is 0. The van der Waals surface area contributed by atoms with E-state index in [1.807, 2.05) is 12.1 Å². The molecule has 2 atom stereocenters. The van der Waals surface area contributed by atoms with Gasteiger partial charge in [-0.2, -0.15) is 5.48 Å². The maximum Gasteiger partial charge on any atom is 0.104 e. The average molecular weight is 261 g/mol. The first-order chi connectivity index (χ1) is 9.03. The van der Waals surface area contributed by atoms with Gasteiger partial charge in [-0.1, -0.05) is 63.6 Å². The normalized spacial score (nSPS) is 16.1. The van der Waals surface area contributed by atoms with Crippen molar-refractivity contribution < 1.29 is 4.84 Å². The molecule has 1 rings (SSSR count). The zero-order valence-electron chi connectivity index (χ0n) is 12.6. The molecular formula is C17H27NO. The molecule has 0 fully saturated rings. The van der Waals surface area contributed by atoms with Crippen LogP contribution < -0.4 is 5.48 Å². The van der Waals surface area contributed by atoms with Crippen LogP contribution in [0.15, 0.2) is 43.0 Å². The van der Waals surface area contributed by atoms with Crippen LogP contribution in [0.25, 0.3) is 0 Å². The summed E-state index contributed by atoms with van der Waals surface area (Å²) in [5.41, 5.74) is 4.22. The van der Waals surface area contributed by atoms with Gasteiger partial charge in [0.15, 0.2) is 0 Å². The fourth-order valence-electron chi connectivity index (χ4n) is 1.82. The summed E-state index contributed by atoms with van der Waals surface area (Å²) >= 11 is 0. The van der Waals surface area contributed by atoms with E-state index in [0.29, 0.717) is 5.92 Å². The topological polar surface area (TPSA) is 21.3 Å². The van der Waals surface area contributed by atoms with E-state index >= 15 is 0 Å². The lowest BCUT2D eigenvalue weighted by atomic mass is 9.90. The third-order valence-corrected chi connectivity index (χ3v) is 3.77. The van der Waals surface area contributed by atoms with E-state index in [-0.39, 0.29) is 11.6 Å². The Morgan fingerprint density at radius 1 is 1.32 bits per heavy atom. The molecule has 2 nitrogen and oxygen atoms in total. The van der Waals surface area contributed by atoms with Crippen molar-refractivity contribution in [1.82, 2.24) is 5.48 Å². The summed E-state index contributed by atoms with van der Waals surface area (Å²) in [4.78, 5) is 5.96. The SMILES string of the molecule is C=C[C@@](C)(NO[C@H](CCC)c1ccccc1)C(C)C. The highest BCUT2D eigenvalue weighted by Crippen LogP contribution is 2.24. The van der Waals surface area contributed by atoms with E-state index in [1.165, 1.54) is 5.56 Å². The Hall–Kier alpha value is -1.12. The predicted molar refractivity (Wildman–Crippen MR) is 81.8 cm³/mol. The summed E-state index contributed by atoms with van der Waals surface area (Å²) < 4.78 is 0. The second kappa shape index (κ2) is 7.46. The number of benzene rings is 1. The summed E-state index contributed by atoms with van der Waals surface area (Å²) in [5.74, 6) is 0.419. The molecular weight excluding hydrogens is 234 g/mol. The van der Waals surface area contributed by atoms with Crippen LogP contribution in [-0.4, -0.2) is 5.54 Å². The van der Waals surface area contributed by atoms with Crippen molar-refractivity contribution >= 4 is 0 Å². The fourth-order valence-corrected chi connectivity index (χ4v) is 1.82. The lowest BCUT2D eigenvalue weighted by Crippen LogP contribution is -2.45. The Morgan fingerprint density at radius 2 is 1.95 bits per heavy atom. The monoisotopic (exact) mass is 261 g/mol. The fraction of sp³-hybridized carbons (Fsp3) is 0.529. The molecule has 19 heavy (non-hydrogen) atoms. The minimum absolute atomic E-state index is 0.0872. The van der Waals surface area contributed by atoms with Gasteiger partial charge in [0.2, 0.25) is 0 Å². The quantitative estimate of drug-likeness (QED) is 0.543. The largest absolute Gasteiger partial charge is 0.293 e. The molecule has 2 heteroatoms. The van der Waals surface area contributed by atoms with E-state index in [0.717, 1.165) is 12.8 Å². The van der Waals surface area contributed by atoms with Crippen LogP contribution in [0.5, 0.6) is 0 Å². The van der Waals surface area contributed by atoms with Gasteiger partial charge >= 0.3 is 0 Å². The molecule has 0 radical (unpaired) electrons. The molecule has 0 bridgehead atoms. The van der Waals surface area contributed by atoms with Crippen molar-refractivity contribution in [1.29, 1.82) is 0 Å². The lowest BCUT2D eigenvalue weighted by Gasteiger charge is -2.33. The Morgan fingerprint density at radius 3 is 2.42 bits per heavy atom. The summed E-state index contributed by atoms with van der Waals surface area (Å²) in [6.45, 7) is 12.5. The van der Waals surface area contributed by atoms with Crippen molar-refractivity contribution in [3.05, 3.63) is 48.6 Å². The van der Waals surface area contributed by atoms with Gasteiger partial charge < -0.3 is 0 Å². The van der Waals surface area contributed by atoms with Gasteiger partial charge in [0.1, 0.15) is 6.10 Å². The van der Waals surface area contributed by atoms with Gasteiger partial charge in [-0.15, -0.1) is 6.58 Å². The minimum atomic E-state index is -0.208. The predicted octanol–water partition coefficient (Wildman–Crippen LogP) is 4.65. The van der Waals surface area contributed by atoms with Crippen LogP contribution in [0.4, 0.5) is 0 Å². The van der Waals surface area contributed by atoms with Gasteiger partial charge in [-0.3, -0.25) is 4.84 Å². The highest BCUT2D eigenvalue weighted by Gasteiger charge is 2.26. The second-order valence-corrected chi connectivity index (χ2v) is 5.55. The molecule has 0 unspecified atom stereocenters. The molecule has 106 valence electrons. The van der Waals surface area contributed by atoms with Crippen molar-refractivity contribution in [3.63, 3.8) is 0 Å². The van der Waals surface area contributed by atoms with Gasteiger partial charge in [0.25, 0.3) is 0 Å². The van der Waals surface area contributed by atoms with Crippen LogP contribution in [0.3, 0.4) is 0 Å². The van der Waals surface area contributed by atoms with Crippen molar-refractivity contribution in [2.45, 2.75) is 52.2 Å². The molecule has 0 aliphatic rings. The molecule has 0 aromatic heterocycles. The maximum absolute atomic E-state index is 5.96. The number of rotatable bonds is 8. The standard InChI is InChI=1S/C17H27NO/c1-6-11-16(15-12-9-8-10-13-15)19-18-17(5,7-2)14(3)4/h7-10,12-14,16,18H,2,6,11H2,1,3-5H3/t16-,17-/m1/s1. The first-order valence-electron chi connectivity index (χ1n) is 7.14. The Bertz CT molecular complexity index is 374. The van der Waals surface area contributed by atoms with Crippen molar-refractivity contribution in [3.8, 4) is 0 Å². The molecule has 1 aromatic carbocycles. The van der Waals surface area contributed by atoms with Crippen LogP contribution in [-0.2, 0) is 4.84 Å². The number of hydrogen-bond donors (Lipinski definition) is 1. The molecule has 0 spiro atoms. The first kappa shape index (κ1) is 15.9. The third kappa shape index (κ3) is 4.48. The Labute approximate surface area is 117 Å². The summed E-state index contributed by atoms with van der Waals surface area (Å²) in [7, 11) is 0. The number of nitrogens with one attached hydrogen (secondary N) is 1. The van der Waals surface area contributed by atoms with Crippen molar-refractivity contribution in [2.24, 2.45) is 5.92 Å². The smallest absolute Gasteiger partial charge is 0.104 e. The van der Waals surface area contributed by atoms with Crippen LogP contribution in [0.2, 0.25) is 0 Å². The molecule has 0 amide bonds. The van der Waals surface area contributed by atoms with E-state index in [4.69, 9.17) is 4.84 Å². The average Bonchev–Trinajstić information content (AvgIpc) is 2.43. The van der Waals surface area contributed by atoms with Gasteiger partial charge in [0, 0.05) is 0 Å². The first-order valence-corrected chi connectivity index (χ1v) is 7.14. The molecule has 0 heterocycles. The molecule has 1 aromatic rings. The van der Waals surface area contributed by atoms with Crippen molar-refractivity contribution in [2.75, 3.05) is 0 Å². The van der Waals surface area contributed by atoms with Crippen LogP contribution >= 0.6 is 0 Å². The third-order valence-electron chi connectivity index (χ3n) is 3.77. The van der Waals surface area contributed by atoms with Gasteiger partial charge in [-0.25, -0.2) is 0 Å². The van der Waals surface area contributed by atoms with E-state index in [2.05, 4.69) is 64.0 Å². The maximum atomic E-state index is 5.96. The molecule has 0 aliphatic carbocycles. The van der Waals surface area contributed by atoms with E-state index < -0.39 is 0 Å². The lowest BCUT2D eigenvalue weighted by molar-refractivity contribution is -0.0734. The Balaban J connectivity index is 2.72. The molecule has 1 N–H and O–H groups in total. The molecule has 0 saturated carbocycles. The number of hydrogen-bond acceptors (Lipinski definition) is 2. The van der Waals surface area contributed by atoms with Crippen LogP contribution in [0.1, 0.15) is 52.2 Å². The number of hydroxylamine groups is 1. The summed E-state index contributed by atoms with van der Waals surface area (Å²) in [6, 6.07) is 10.4. The van der Waals surface area contributed by atoms with Gasteiger partial charge in [0.05, 0.1) is 5.54 Å². The van der Waals surface area contributed by atoms with E-state index in [9.17, 15) is 0 Å². The molecule has 0 aliphatic heterocycles. The Kier molecular flexibility index (Phi) is 6.26. The minimum Gasteiger partial charge on any atom is -0.293 e. The second-order valence-electron chi connectivity index (χ2n) is 5.55. The molecule has 0 saturated heterocycles. The zero-order valence-corrected chi connectivity index (χ0v) is 12.6. The zero-order chi connectivity index (χ0) is 14.3. The highest BCUT2D eigenvalue weighted by atomic mass is 16.7.